The summed E-state index contributed by atoms with van der Waals surface area (Å²) in [5.41, 5.74) is 6.25. The van der Waals surface area contributed by atoms with E-state index in [1.54, 1.807) is 20.3 Å². The predicted octanol–water partition coefficient (Wildman–Crippen LogP) is 2.12. The fourth-order valence-electron chi connectivity index (χ4n) is 1.02. The molecule has 3 nitrogen and oxygen atoms in total. The van der Waals surface area contributed by atoms with Gasteiger partial charge in [0.2, 0.25) is 0 Å². The number of anilines is 1. The van der Waals surface area contributed by atoms with E-state index in [0.29, 0.717) is 16.3 Å². The molecule has 0 bridgehead atoms. The van der Waals surface area contributed by atoms with Gasteiger partial charge in [0.15, 0.2) is 6.29 Å². The summed E-state index contributed by atoms with van der Waals surface area (Å²) >= 11 is 1.40. The van der Waals surface area contributed by atoms with Crippen molar-refractivity contribution in [1.82, 2.24) is 0 Å². The lowest BCUT2D eigenvalue weighted by atomic mass is 10.3. The van der Waals surface area contributed by atoms with Crippen molar-refractivity contribution >= 4 is 17.4 Å². The van der Waals surface area contributed by atoms with Crippen molar-refractivity contribution in [1.29, 1.82) is 0 Å². The van der Waals surface area contributed by atoms with Crippen molar-refractivity contribution in [3.63, 3.8) is 0 Å². The molecule has 0 spiro atoms. The van der Waals surface area contributed by atoms with E-state index in [4.69, 9.17) is 15.2 Å². The number of benzene rings is 1. The smallest absolute Gasteiger partial charge is 0.166 e. The Morgan fingerprint density at radius 3 is 2.67 bits per heavy atom. The van der Waals surface area contributed by atoms with Crippen molar-refractivity contribution < 1.29 is 13.9 Å². The van der Waals surface area contributed by atoms with Crippen LogP contribution >= 0.6 is 11.8 Å². The van der Waals surface area contributed by atoms with Crippen molar-refractivity contribution in [2.75, 3.05) is 25.7 Å². The molecule has 0 heterocycles. The minimum absolute atomic E-state index is 0.293. The van der Waals surface area contributed by atoms with Crippen molar-refractivity contribution in [3.05, 3.63) is 24.0 Å². The monoisotopic (exact) mass is 231 g/mol. The van der Waals surface area contributed by atoms with Crippen LogP contribution in [0.25, 0.3) is 0 Å². The van der Waals surface area contributed by atoms with Crippen molar-refractivity contribution in [2.24, 2.45) is 0 Å². The first-order chi connectivity index (χ1) is 7.17. The van der Waals surface area contributed by atoms with E-state index in [-0.39, 0.29) is 12.1 Å². The van der Waals surface area contributed by atoms with E-state index in [1.807, 2.05) is 0 Å². The molecule has 0 radical (unpaired) electrons. The van der Waals surface area contributed by atoms with E-state index in [0.717, 1.165) is 0 Å². The lowest BCUT2D eigenvalue weighted by molar-refractivity contribution is -0.0842. The molecule has 15 heavy (non-hydrogen) atoms. The van der Waals surface area contributed by atoms with Crippen LogP contribution in [0.4, 0.5) is 10.1 Å². The quantitative estimate of drug-likeness (QED) is 0.479. The van der Waals surface area contributed by atoms with Crippen LogP contribution < -0.4 is 5.73 Å². The Kier molecular flexibility index (Phi) is 4.87. The molecule has 5 heteroatoms. The Balaban J connectivity index is 2.60. The molecular weight excluding hydrogens is 217 g/mol. The zero-order valence-corrected chi connectivity index (χ0v) is 9.51. The first-order valence-corrected chi connectivity index (χ1v) is 5.39. The first-order valence-electron chi connectivity index (χ1n) is 4.40. The van der Waals surface area contributed by atoms with Crippen LogP contribution in [0, 0.1) is 5.82 Å². The van der Waals surface area contributed by atoms with Gasteiger partial charge in [-0.15, -0.1) is 11.8 Å². The van der Waals surface area contributed by atoms with Crippen LogP contribution in [0.1, 0.15) is 0 Å². The van der Waals surface area contributed by atoms with Gasteiger partial charge in [0, 0.05) is 30.6 Å². The Hall–Kier alpha value is -0.780. The minimum Gasteiger partial charge on any atom is -0.398 e. The van der Waals surface area contributed by atoms with Crippen LogP contribution in [0.15, 0.2) is 23.1 Å². The Bertz CT molecular complexity index is 318. The third kappa shape index (κ3) is 3.70. The van der Waals surface area contributed by atoms with Gasteiger partial charge in [-0.2, -0.15) is 0 Å². The summed E-state index contributed by atoms with van der Waals surface area (Å²) in [5, 5.41) is 0. The van der Waals surface area contributed by atoms with Crippen molar-refractivity contribution in [3.8, 4) is 0 Å². The van der Waals surface area contributed by atoms with E-state index < -0.39 is 0 Å². The van der Waals surface area contributed by atoms with Gasteiger partial charge in [0.1, 0.15) is 5.82 Å². The molecule has 0 aliphatic rings. The predicted molar refractivity (Wildman–Crippen MR) is 59.3 cm³/mol. The minimum atomic E-state index is -0.308. The zero-order valence-electron chi connectivity index (χ0n) is 8.70. The first kappa shape index (κ1) is 12.3. The second-order valence-corrected chi connectivity index (χ2v) is 3.96. The van der Waals surface area contributed by atoms with Gasteiger partial charge in [-0.05, 0) is 18.2 Å². The second-order valence-electron chi connectivity index (χ2n) is 2.89. The lowest BCUT2D eigenvalue weighted by Crippen LogP contribution is -2.15. The number of nitrogens with two attached hydrogens (primary N) is 1. The summed E-state index contributed by atoms with van der Waals surface area (Å²) in [6, 6.07) is 4.29. The topological polar surface area (TPSA) is 44.5 Å². The number of thioether (sulfide) groups is 1. The maximum atomic E-state index is 12.9. The second kappa shape index (κ2) is 5.95. The number of rotatable bonds is 5. The number of hydrogen-bond acceptors (Lipinski definition) is 4. The molecule has 0 saturated heterocycles. The standard InChI is InChI=1S/C10H14FNO2S/c1-13-10(14-2)6-15-9-5-7(11)3-4-8(9)12/h3-5,10H,6,12H2,1-2H3. The summed E-state index contributed by atoms with van der Waals surface area (Å²) in [7, 11) is 3.12. The zero-order chi connectivity index (χ0) is 11.3. The highest BCUT2D eigenvalue weighted by molar-refractivity contribution is 7.99. The van der Waals surface area contributed by atoms with Crippen LogP contribution in [-0.2, 0) is 9.47 Å². The van der Waals surface area contributed by atoms with E-state index in [1.165, 1.54) is 23.9 Å². The molecular formula is C10H14FNO2S. The fraction of sp³-hybridized carbons (Fsp3) is 0.400. The highest BCUT2D eigenvalue weighted by Gasteiger charge is 2.08. The molecule has 0 aliphatic heterocycles. The number of methoxy groups -OCH3 is 2. The summed E-state index contributed by atoms with van der Waals surface area (Å²) < 4.78 is 22.9. The molecule has 0 fully saturated rings. The van der Waals surface area contributed by atoms with Gasteiger partial charge in [-0.25, -0.2) is 4.39 Å². The molecule has 0 aromatic heterocycles. The normalized spacial score (nSPS) is 10.9. The number of nitrogen functional groups attached to an aromatic ring is 1. The third-order valence-electron chi connectivity index (χ3n) is 1.88. The largest absolute Gasteiger partial charge is 0.398 e. The summed E-state index contributed by atoms with van der Waals surface area (Å²) in [6.07, 6.45) is -0.308. The molecule has 1 aromatic carbocycles. The Morgan fingerprint density at radius 2 is 2.07 bits per heavy atom. The maximum absolute atomic E-state index is 12.9. The molecule has 0 unspecified atom stereocenters. The van der Waals surface area contributed by atoms with Gasteiger partial charge < -0.3 is 15.2 Å². The Labute approximate surface area is 92.7 Å². The van der Waals surface area contributed by atoms with E-state index in [2.05, 4.69) is 0 Å². The maximum Gasteiger partial charge on any atom is 0.166 e. The molecule has 0 amide bonds. The number of halogens is 1. The summed E-state index contributed by atoms with van der Waals surface area (Å²) in [4.78, 5) is 0.703. The SMILES string of the molecule is COC(CSc1cc(F)ccc1N)OC. The summed E-state index contributed by atoms with van der Waals surface area (Å²) in [6.45, 7) is 0. The van der Waals surface area contributed by atoms with Crippen LogP contribution in [0.3, 0.4) is 0 Å². The van der Waals surface area contributed by atoms with Gasteiger partial charge in [-0.1, -0.05) is 0 Å². The van der Waals surface area contributed by atoms with Gasteiger partial charge in [0.05, 0.1) is 0 Å². The molecule has 0 aliphatic carbocycles. The van der Waals surface area contributed by atoms with Crippen molar-refractivity contribution in [2.45, 2.75) is 11.2 Å². The van der Waals surface area contributed by atoms with Crippen LogP contribution in [0.5, 0.6) is 0 Å². The highest BCUT2D eigenvalue weighted by atomic mass is 32.2. The van der Waals surface area contributed by atoms with Crippen LogP contribution in [-0.4, -0.2) is 26.3 Å². The molecule has 1 aromatic rings. The third-order valence-corrected chi connectivity index (χ3v) is 2.98. The molecule has 84 valence electrons. The molecule has 2 N–H and O–H groups in total. The van der Waals surface area contributed by atoms with Gasteiger partial charge in [0.25, 0.3) is 0 Å². The number of hydrogen-bond donors (Lipinski definition) is 1. The van der Waals surface area contributed by atoms with E-state index >= 15 is 0 Å². The molecule has 1 rings (SSSR count). The fourth-order valence-corrected chi connectivity index (χ4v) is 2.04. The highest BCUT2D eigenvalue weighted by Crippen LogP contribution is 2.26. The van der Waals surface area contributed by atoms with E-state index in [9.17, 15) is 4.39 Å². The average Bonchev–Trinajstić information content (AvgIpc) is 2.24. The van der Waals surface area contributed by atoms with Crippen LogP contribution in [0.2, 0.25) is 0 Å². The lowest BCUT2D eigenvalue weighted by Gasteiger charge is -2.13. The Morgan fingerprint density at radius 1 is 1.40 bits per heavy atom. The number of ether oxygens (including phenoxy) is 2. The molecule has 0 atom stereocenters. The van der Waals surface area contributed by atoms with Gasteiger partial charge >= 0.3 is 0 Å². The molecule has 0 saturated carbocycles. The van der Waals surface area contributed by atoms with Gasteiger partial charge in [-0.3, -0.25) is 0 Å². The average molecular weight is 231 g/mol. The summed E-state index contributed by atoms with van der Waals surface area (Å²) in [5.74, 6) is 0.277.